The van der Waals surface area contributed by atoms with Crippen molar-refractivity contribution in [2.24, 2.45) is 50.2 Å². The summed E-state index contributed by atoms with van der Waals surface area (Å²) in [5, 5.41) is 21.9. The van der Waals surface area contributed by atoms with Crippen molar-refractivity contribution < 1.29 is 15.0 Å². The van der Waals surface area contributed by atoms with Crippen LogP contribution in [0.2, 0.25) is 0 Å². The van der Waals surface area contributed by atoms with Crippen LogP contribution in [0.4, 0.5) is 0 Å². The summed E-state index contributed by atoms with van der Waals surface area (Å²) in [7, 11) is 0. The lowest BCUT2D eigenvalue weighted by Gasteiger charge is -2.71. The van der Waals surface area contributed by atoms with Gasteiger partial charge in [-0.3, -0.25) is 4.79 Å². The number of carbonyl (C=O) groups excluding carboxylic acids is 1. The smallest absolute Gasteiger partial charge is 0.136 e. The third-order valence-electron chi connectivity index (χ3n) is 13.3. The van der Waals surface area contributed by atoms with E-state index in [0.717, 1.165) is 44.9 Å². The maximum Gasteiger partial charge on any atom is 0.136 e. The SMILES string of the molecule is CC(=O)[C@]12CCC(C)(C)C[C@H]1C1=CCC3[C@@]4(C)C[C@@H](O)[C@H](O)C(C)(C)C4CC[C@@]3(C)[C@]1(C)CC2. The van der Waals surface area contributed by atoms with Gasteiger partial charge in [-0.15, -0.1) is 0 Å². The van der Waals surface area contributed by atoms with Crippen molar-refractivity contribution in [3.8, 4) is 0 Å². The number of ketones is 1. The molecule has 2 N–H and O–H groups in total. The van der Waals surface area contributed by atoms with Crippen molar-refractivity contribution >= 4 is 5.78 Å². The summed E-state index contributed by atoms with van der Waals surface area (Å²) in [4.78, 5) is 13.2. The van der Waals surface area contributed by atoms with Gasteiger partial charge in [-0.1, -0.05) is 60.1 Å². The fourth-order valence-corrected chi connectivity index (χ4v) is 11.0. The fraction of sp³-hybridized carbons (Fsp3) is 0.903. The van der Waals surface area contributed by atoms with E-state index in [1.165, 1.54) is 6.42 Å². The number of allylic oxidation sites excluding steroid dienone is 2. The highest BCUT2D eigenvalue weighted by molar-refractivity contribution is 5.83. The summed E-state index contributed by atoms with van der Waals surface area (Å²) >= 11 is 0. The van der Waals surface area contributed by atoms with Gasteiger partial charge in [-0.25, -0.2) is 0 Å². The zero-order chi connectivity index (χ0) is 25.1. The Morgan fingerprint density at radius 3 is 2.18 bits per heavy atom. The van der Waals surface area contributed by atoms with Crippen molar-refractivity contribution in [2.75, 3.05) is 0 Å². The van der Waals surface area contributed by atoms with Gasteiger partial charge in [0.25, 0.3) is 0 Å². The first-order valence-electron chi connectivity index (χ1n) is 14.1. The third kappa shape index (κ3) is 2.92. The molecule has 0 aliphatic heterocycles. The van der Waals surface area contributed by atoms with Gasteiger partial charge >= 0.3 is 0 Å². The normalized spacial score (nSPS) is 53.5. The number of fused-ring (bicyclic) bond motifs is 7. The molecule has 192 valence electrons. The van der Waals surface area contributed by atoms with E-state index in [2.05, 4.69) is 54.5 Å². The van der Waals surface area contributed by atoms with Gasteiger partial charge in [0.05, 0.1) is 12.2 Å². The lowest BCUT2D eigenvalue weighted by Crippen LogP contribution is -2.67. The zero-order valence-electron chi connectivity index (χ0n) is 23.1. The molecule has 3 nitrogen and oxygen atoms in total. The number of rotatable bonds is 1. The molecule has 0 amide bonds. The standard InChI is InChI=1S/C31H50O3/c1-19(32)31-15-13-26(2,3)17-21(31)20-9-10-24-28(6)18-22(33)25(34)27(4,5)23(28)11-12-30(24,8)29(20,7)14-16-31/h9,21-25,33-34H,10-18H2,1-8H3/t21-,22+,23?,24?,25-,28-,29+,30+,31+/m0/s1. The zero-order valence-corrected chi connectivity index (χ0v) is 23.1. The molecule has 2 unspecified atom stereocenters. The highest BCUT2D eigenvalue weighted by Crippen LogP contribution is 2.75. The van der Waals surface area contributed by atoms with Gasteiger partial charge < -0.3 is 10.2 Å². The average molecular weight is 471 g/mol. The molecule has 5 aliphatic carbocycles. The summed E-state index contributed by atoms with van der Waals surface area (Å²) in [5.74, 6) is 1.72. The van der Waals surface area contributed by atoms with E-state index in [1.807, 2.05) is 6.92 Å². The van der Waals surface area contributed by atoms with Crippen LogP contribution in [0.25, 0.3) is 0 Å². The molecule has 0 bridgehead atoms. The van der Waals surface area contributed by atoms with Crippen LogP contribution < -0.4 is 0 Å². The highest BCUT2D eigenvalue weighted by Gasteiger charge is 2.69. The molecule has 4 saturated carbocycles. The van der Waals surface area contributed by atoms with Crippen LogP contribution in [0.1, 0.15) is 113 Å². The molecule has 3 heteroatoms. The van der Waals surface area contributed by atoms with Crippen molar-refractivity contribution in [3.63, 3.8) is 0 Å². The van der Waals surface area contributed by atoms with Crippen LogP contribution >= 0.6 is 0 Å². The molecular weight excluding hydrogens is 420 g/mol. The van der Waals surface area contributed by atoms with E-state index in [-0.39, 0.29) is 32.5 Å². The number of hydrogen-bond donors (Lipinski definition) is 2. The van der Waals surface area contributed by atoms with Crippen molar-refractivity contribution in [3.05, 3.63) is 11.6 Å². The minimum absolute atomic E-state index is 0.0150. The van der Waals surface area contributed by atoms with E-state index >= 15 is 0 Å². The highest BCUT2D eigenvalue weighted by atomic mass is 16.3. The Kier molecular flexibility index (Phi) is 5.30. The van der Waals surface area contributed by atoms with Crippen molar-refractivity contribution in [1.29, 1.82) is 0 Å². The fourth-order valence-electron chi connectivity index (χ4n) is 11.0. The molecule has 0 aromatic heterocycles. The maximum absolute atomic E-state index is 13.2. The predicted octanol–water partition coefficient (Wildman–Crippen LogP) is 6.71. The van der Waals surface area contributed by atoms with Gasteiger partial charge in [0, 0.05) is 5.41 Å². The molecule has 0 radical (unpaired) electrons. The molecule has 0 aromatic carbocycles. The first-order chi connectivity index (χ1) is 15.6. The largest absolute Gasteiger partial charge is 0.390 e. The molecule has 5 rings (SSSR count). The van der Waals surface area contributed by atoms with Crippen LogP contribution in [0.15, 0.2) is 11.6 Å². The minimum Gasteiger partial charge on any atom is -0.390 e. The minimum atomic E-state index is -0.646. The molecule has 0 aromatic rings. The van der Waals surface area contributed by atoms with Gasteiger partial charge in [-0.2, -0.15) is 0 Å². The second-order valence-corrected chi connectivity index (χ2v) is 15.5. The quantitative estimate of drug-likeness (QED) is 0.419. The van der Waals surface area contributed by atoms with E-state index in [9.17, 15) is 15.0 Å². The van der Waals surface area contributed by atoms with Crippen LogP contribution in [-0.4, -0.2) is 28.2 Å². The van der Waals surface area contributed by atoms with Crippen molar-refractivity contribution in [1.82, 2.24) is 0 Å². The van der Waals surface area contributed by atoms with E-state index < -0.39 is 12.2 Å². The number of carbonyl (C=O) groups is 1. The lowest BCUT2D eigenvalue weighted by atomic mass is 9.33. The Morgan fingerprint density at radius 1 is 0.882 bits per heavy atom. The molecular formula is C31H50O3. The average Bonchev–Trinajstić information content (AvgIpc) is 2.72. The summed E-state index contributed by atoms with van der Waals surface area (Å²) in [6, 6.07) is 0. The Balaban J connectivity index is 1.61. The topological polar surface area (TPSA) is 57.5 Å². The second-order valence-electron chi connectivity index (χ2n) is 15.5. The maximum atomic E-state index is 13.2. The molecule has 9 atom stereocenters. The van der Waals surface area contributed by atoms with Gasteiger partial charge in [0.15, 0.2) is 0 Å². The van der Waals surface area contributed by atoms with Crippen LogP contribution in [0.3, 0.4) is 0 Å². The van der Waals surface area contributed by atoms with Crippen molar-refractivity contribution in [2.45, 2.75) is 125 Å². The van der Waals surface area contributed by atoms with E-state index in [0.29, 0.717) is 30.0 Å². The monoisotopic (exact) mass is 470 g/mol. The Hall–Kier alpha value is -0.670. The Labute approximate surface area is 208 Å². The van der Waals surface area contributed by atoms with Gasteiger partial charge in [0.1, 0.15) is 5.78 Å². The summed E-state index contributed by atoms with van der Waals surface area (Å²) < 4.78 is 0. The first kappa shape index (κ1) is 25.0. The van der Waals surface area contributed by atoms with Crippen LogP contribution in [0, 0.1) is 50.2 Å². The van der Waals surface area contributed by atoms with E-state index in [4.69, 9.17) is 0 Å². The van der Waals surface area contributed by atoms with Gasteiger partial charge in [0.2, 0.25) is 0 Å². The van der Waals surface area contributed by atoms with E-state index in [1.54, 1.807) is 5.57 Å². The first-order valence-corrected chi connectivity index (χ1v) is 14.1. The lowest BCUT2D eigenvalue weighted by molar-refractivity contribution is -0.231. The summed E-state index contributed by atoms with van der Waals surface area (Å²) in [6.45, 7) is 18.6. The molecule has 34 heavy (non-hydrogen) atoms. The van der Waals surface area contributed by atoms with Crippen LogP contribution in [0.5, 0.6) is 0 Å². The third-order valence-corrected chi connectivity index (χ3v) is 13.3. The summed E-state index contributed by atoms with van der Waals surface area (Å²) in [6.07, 6.45) is 10.8. The molecule has 0 saturated heterocycles. The Bertz CT molecular complexity index is 916. The molecule has 0 heterocycles. The second kappa shape index (κ2) is 7.21. The van der Waals surface area contributed by atoms with Crippen LogP contribution in [-0.2, 0) is 4.79 Å². The number of aliphatic hydroxyl groups is 2. The summed E-state index contributed by atoms with van der Waals surface area (Å²) in [5.41, 5.74) is 1.74. The number of Topliss-reactive ketones (excluding diaryl/α,β-unsaturated/α-hetero) is 1. The number of hydrogen-bond acceptors (Lipinski definition) is 3. The van der Waals surface area contributed by atoms with Gasteiger partial charge in [-0.05, 0) is 110 Å². The predicted molar refractivity (Wildman–Crippen MR) is 137 cm³/mol. The molecule has 4 fully saturated rings. The Morgan fingerprint density at radius 2 is 1.53 bits per heavy atom. The number of aliphatic hydroxyl groups excluding tert-OH is 2. The molecule has 5 aliphatic rings. The molecule has 0 spiro atoms.